The van der Waals surface area contributed by atoms with E-state index in [0.29, 0.717) is 0 Å². The molecule has 0 aromatic rings. The van der Waals surface area contributed by atoms with Gasteiger partial charge in [-0.1, -0.05) is 27.2 Å². The molecule has 0 aromatic heterocycles. The molecule has 0 fully saturated rings. The minimum Gasteiger partial charge on any atom is -0.120 e. The molecule has 0 aromatic carbocycles. The molecule has 0 spiro atoms. The molecular weight excluding hydrogens is 144 g/mol. The molecule has 0 saturated heterocycles. The van der Waals surface area contributed by atoms with Crippen LogP contribution in [0.25, 0.3) is 0 Å². The van der Waals surface area contributed by atoms with E-state index in [1.165, 1.54) is 6.42 Å². The highest BCUT2D eigenvalue weighted by Gasteiger charge is 2.20. The van der Waals surface area contributed by atoms with Crippen LogP contribution in [0.5, 0.6) is 0 Å². The van der Waals surface area contributed by atoms with Crippen LogP contribution < -0.4 is 0 Å². The van der Waals surface area contributed by atoms with Crippen LogP contribution in [0.15, 0.2) is 0 Å². The van der Waals surface area contributed by atoms with E-state index in [0.717, 1.165) is 18.8 Å². The van der Waals surface area contributed by atoms with E-state index in [2.05, 4.69) is 27.7 Å². The predicted molar refractivity (Wildman–Crippen MR) is 48.6 cm³/mol. The lowest BCUT2D eigenvalue weighted by atomic mass is 9.93. The maximum atomic E-state index is 6.19. The number of halogens is 1. The first-order valence-electron chi connectivity index (χ1n) is 4.20. The van der Waals surface area contributed by atoms with E-state index in [4.69, 9.17) is 11.6 Å². The van der Waals surface area contributed by atoms with Gasteiger partial charge in [0.2, 0.25) is 0 Å². The van der Waals surface area contributed by atoms with Crippen LogP contribution in [-0.2, 0) is 0 Å². The lowest BCUT2D eigenvalue weighted by Gasteiger charge is -2.23. The molecule has 0 radical (unpaired) electrons. The summed E-state index contributed by atoms with van der Waals surface area (Å²) in [7, 11) is 0. The summed E-state index contributed by atoms with van der Waals surface area (Å²) < 4.78 is 0. The van der Waals surface area contributed by atoms with Crippen molar-refractivity contribution in [3.05, 3.63) is 0 Å². The average Bonchev–Trinajstić information content (AvgIpc) is 1.87. The van der Waals surface area contributed by atoms with Gasteiger partial charge < -0.3 is 0 Å². The lowest BCUT2D eigenvalue weighted by molar-refractivity contribution is 0.422. The Kier molecular flexibility index (Phi) is 4.35. The van der Waals surface area contributed by atoms with Gasteiger partial charge >= 0.3 is 0 Å². The Balaban J connectivity index is 3.64. The van der Waals surface area contributed by atoms with Crippen LogP contribution >= 0.6 is 11.6 Å². The first-order valence-corrected chi connectivity index (χ1v) is 4.58. The fraction of sp³-hybridized carbons (Fsp3) is 1.00. The van der Waals surface area contributed by atoms with Crippen LogP contribution in [0.3, 0.4) is 0 Å². The molecule has 0 aliphatic heterocycles. The Morgan fingerprint density at radius 2 is 1.90 bits per heavy atom. The Hall–Kier alpha value is 0.290. The molecule has 0 amide bonds. The summed E-state index contributed by atoms with van der Waals surface area (Å²) in [5.74, 6) is 0.766. The van der Waals surface area contributed by atoms with Gasteiger partial charge in [0.05, 0.1) is 0 Å². The molecule has 0 aliphatic carbocycles. The third-order valence-electron chi connectivity index (χ3n) is 2.21. The summed E-state index contributed by atoms with van der Waals surface area (Å²) in [6, 6.07) is 0. The van der Waals surface area contributed by atoms with Crippen molar-refractivity contribution in [2.75, 3.05) is 0 Å². The van der Waals surface area contributed by atoms with Gasteiger partial charge in [-0.3, -0.25) is 0 Å². The number of rotatable bonds is 4. The molecule has 0 bridgehead atoms. The largest absolute Gasteiger partial charge is 0.120 e. The van der Waals surface area contributed by atoms with Crippen LogP contribution in [0.4, 0.5) is 0 Å². The predicted octanol–water partition coefficient (Wildman–Crippen LogP) is 3.83. The van der Waals surface area contributed by atoms with Crippen molar-refractivity contribution < 1.29 is 0 Å². The monoisotopic (exact) mass is 162 g/mol. The Morgan fingerprint density at radius 3 is 2.20 bits per heavy atom. The highest BCUT2D eigenvalue weighted by Crippen LogP contribution is 2.28. The third kappa shape index (κ3) is 4.16. The van der Waals surface area contributed by atoms with Crippen molar-refractivity contribution in [2.45, 2.75) is 51.8 Å². The molecule has 2 atom stereocenters. The molecule has 0 aliphatic rings. The van der Waals surface area contributed by atoms with Crippen molar-refractivity contribution in [1.29, 1.82) is 0 Å². The third-order valence-corrected chi connectivity index (χ3v) is 2.63. The summed E-state index contributed by atoms with van der Waals surface area (Å²) in [5.41, 5.74) is 0. The van der Waals surface area contributed by atoms with Crippen molar-refractivity contribution in [2.24, 2.45) is 5.92 Å². The molecule has 0 N–H and O–H groups in total. The van der Waals surface area contributed by atoms with Crippen molar-refractivity contribution in [1.82, 2.24) is 0 Å². The van der Waals surface area contributed by atoms with Crippen LogP contribution in [0.1, 0.15) is 47.0 Å². The fourth-order valence-electron chi connectivity index (χ4n) is 1.02. The second kappa shape index (κ2) is 4.23. The average molecular weight is 163 g/mol. The van der Waals surface area contributed by atoms with E-state index in [1.807, 2.05) is 0 Å². The van der Waals surface area contributed by atoms with Crippen LogP contribution in [0.2, 0.25) is 0 Å². The van der Waals surface area contributed by atoms with E-state index in [1.54, 1.807) is 0 Å². The zero-order valence-electron chi connectivity index (χ0n) is 7.58. The normalized spacial score (nSPS) is 20.1. The van der Waals surface area contributed by atoms with E-state index in [9.17, 15) is 0 Å². The fourth-order valence-corrected chi connectivity index (χ4v) is 1.28. The van der Waals surface area contributed by atoms with E-state index in [-0.39, 0.29) is 4.87 Å². The van der Waals surface area contributed by atoms with Crippen LogP contribution in [0, 0.1) is 5.92 Å². The first-order chi connectivity index (χ1) is 4.52. The molecule has 0 rings (SSSR count). The second-order valence-electron chi connectivity index (χ2n) is 3.48. The molecule has 10 heavy (non-hydrogen) atoms. The molecular formula is C9H19Cl. The zero-order chi connectivity index (χ0) is 8.20. The first kappa shape index (κ1) is 10.3. The summed E-state index contributed by atoms with van der Waals surface area (Å²) in [6.45, 7) is 8.75. The van der Waals surface area contributed by atoms with Gasteiger partial charge in [-0.2, -0.15) is 0 Å². The van der Waals surface area contributed by atoms with E-state index >= 15 is 0 Å². The number of hydrogen-bond acceptors (Lipinski definition) is 0. The molecule has 62 valence electrons. The van der Waals surface area contributed by atoms with Gasteiger partial charge in [-0.25, -0.2) is 0 Å². The minimum absolute atomic E-state index is 0.0371. The molecule has 0 heterocycles. The maximum absolute atomic E-state index is 6.19. The van der Waals surface area contributed by atoms with Gasteiger partial charge in [0.25, 0.3) is 0 Å². The SMILES string of the molecule is CCC(C)CC(C)(Cl)CC. The summed E-state index contributed by atoms with van der Waals surface area (Å²) in [4.78, 5) is 0.0371. The standard InChI is InChI=1S/C9H19Cl/c1-5-8(3)7-9(4,10)6-2/h8H,5-7H2,1-4H3. The Labute approximate surface area is 70.0 Å². The second-order valence-corrected chi connectivity index (χ2v) is 4.40. The molecule has 1 heteroatoms. The zero-order valence-corrected chi connectivity index (χ0v) is 8.33. The Morgan fingerprint density at radius 1 is 1.40 bits per heavy atom. The van der Waals surface area contributed by atoms with Gasteiger partial charge in [-0.15, -0.1) is 11.6 Å². The van der Waals surface area contributed by atoms with Gasteiger partial charge in [0.1, 0.15) is 0 Å². The van der Waals surface area contributed by atoms with Gasteiger partial charge in [0.15, 0.2) is 0 Å². The Bertz CT molecular complexity index is 86.7. The van der Waals surface area contributed by atoms with Crippen molar-refractivity contribution >= 4 is 11.6 Å². The minimum atomic E-state index is 0.0371. The molecule has 0 nitrogen and oxygen atoms in total. The molecule has 2 unspecified atom stereocenters. The highest BCUT2D eigenvalue weighted by atomic mass is 35.5. The van der Waals surface area contributed by atoms with Crippen LogP contribution in [-0.4, -0.2) is 4.87 Å². The number of alkyl halides is 1. The summed E-state index contributed by atoms with van der Waals surface area (Å²) in [5, 5.41) is 0. The van der Waals surface area contributed by atoms with Crippen molar-refractivity contribution in [3.63, 3.8) is 0 Å². The maximum Gasteiger partial charge on any atom is 0.0418 e. The quantitative estimate of drug-likeness (QED) is 0.552. The van der Waals surface area contributed by atoms with Crippen molar-refractivity contribution in [3.8, 4) is 0 Å². The topological polar surface area (TPSA) is 0 Å². The van der Waals surface area contributed by atoms with Gasteiger partial charge in [-0.05, 0) is 25.7 Å². The van der Waals surface area contributed by atoms with Gasteiger partial charge in [0, 0.05) is 4.87 Å². The highest BCUT2D eigenvalue weighted by molar-refractivity contribution is 6.23. The smallest absolute Gasteiger partial charge is 0.0418 e. The summed E-state index contributed by atoms with van der Waals surface area (Å²) in [6.07, 6.45) is 3.45. The lowest BCUT2D eigenvalue weighted by Crippen LogP contribution is -2.18. The molecule has 0 saturated carbocycles. The summed E-state index contributed by atoms with van der Waals surface area (Å²) >= 11 is 6.19. The number of hydrogen-bond donors (Lipinski definition) is 0. The van der Waals surface area contributed by atoms with E-state index < -0.39 is 0 Å².